The number of para-hydroxylation sites is 1. The molecule has 2 saturated heterocycles. The molecule has 2 bridgehead atoms. The lowest BCUT2D eigenvalue weighted by Gasteiger charge is -2.62. The van der Waals surface area contributed by atoms with Gasteiger partial charge in [0, 0.05) is 49.4 Å². The number of fused-ring (bicyclic) bond motifs is 2. The topological polar surface area (TPSA) is 150 Å². The third-order valence-corrected chi connectivity index (χ3v) is 14.3. The highest BCUT2D eigenvalue weighted by Gasteiger charge is 2.57. The SMILES string of the molecule is COc1c(CN2O[C@@H](CO)[C@@H]([C@H](C)O)[C@H]2C(=O)N[C@H]2C[C@H]3C[C@@H]([C@@H]2C)C3(C)C)cccc1-c1cc(C(O)N[C@H](CN2CCCC2)[C@H](O)c2ccccc2)cc(N(C)C)c1. The molecule has 6 N–H and O–H groups in total. The number of ether oxygens (including phenoxy) is 1. The quantitative estimate of drug-likeness (QED) is 0.110. The van der Waals surface area contributed by atoms with Gasteiger partial charge in [0.15, 0.2) is 0 Å². The molecule has 11 atom stereocenters. The molecule has 8 rings (SSSR count). The van der Waals surface area contributed by atoms with Crippen molar-refractivity contribution in [1.29, 1.82) is 0 Å². The maximum Gasteiger partial charge on any atom is 0.240 e. The maximum atomic E-state index is 14.4. The number of carbonyl (C=O) groups is 1. The molecule has 3 aromatic rings. The van der Waals surface area contributed by atoms with E-state index in [1.165, 1.54) is 6.42 Å². The second-order valence-corrected chi connectivity index (χ2v) is 18.5. The van der Waals surface area contributed by atoms with Gasteiger partial charge < -0.3 is 40.3 Å². The van der Waals surface area contributed by atoms with Crippen molar-refractivity contribution in [3.63, 3.8) is 0 Å². The van der Waals surface area contributed by atoms with E-state index < -0.39 is 42.5 Å². The number of nitrogens with one attached hydrogen (secondary N) is 2. The maximum absolute atomic E-state index is 14.4. The lowest BCUT2D eigenvalue weighted by atomic mass is 9.45. The summed E-state index contributed by atoms with van der Waals surface area (Å²) in [6, 6.07) is 20.1. The second-order valence-electron chi connectivity index (χ2n) is 18.5. The molecule has 0 radical (unpaired) electrons. The van der Waals surface area contributed by atoms with Gasteiger partial charge in [-0.05, 0) is 104 Å². The number of carbonyl (C=O) groups excluding carboxylic acids is 1. The first-order valence-corrected chi connectivity index (χ1v) is 21.6. The minimum atomic E-state index is -1.09. The molecule has 2 heterocycles. The third kappa shape index (κ3) is 8.92. The number of hydroxylamine groups is 2. The molecule has 0 aromatic heterocycles. The molecule has 59 heavy (non-hydrogen) atoms. The molecule has 12 nitrogen and oxygen atoms in total. The van der Waals surface area contributed by atoms with Gasteiger partial charge in [-0.3, -0.25) is 14.9 Å². The summed E-state index contributed by atoms with van der Waals surface area (Å²) >= 11 is 0. The molecule has 0 spiro atoms. The number of amides is 1. The smallest absolute Gasteiger partial charge is 0.240 e. The van der Waals surface area contributed by atoms with Gasteiger partial charge in [0.05, 0.1) is 38.5 Å². The van der Waals surface area contributed by atoms with Crippen LogP contribution in [0.15, 0.2) is 66.7 Å². The van der Waals surface area contributed by atoms with Crippen molar-refractivity contribution >= 4 is 11.6 Å². The van der Waals surface area contributed by atoms with Crippen LogP contribution in [-0.2, 0) is 16.2 Å². The summed E-state index contributed by atoms with van der Waals surface area (Å²) < 4.78 is 6.14. The van der Waals surface area contributed by atoms with Crippen LogP contribution in [-0.4, -0.2) is 114 Å². The van der Waals surface area contributed by atoms with Crippen LogP contribution in [0.3, 0.4) is 0 Å². The number of aliphatic hydroxyl groups is 4. The summed E-state index contributed by atoms with van der Waals surface area (Å²) in [5, 5.41) is 53.3. The average Bonchev–Trinajstić information content (AvgIpc) is 3.88. The monoisotopic (exact) mass is 814 g/mol. The van der Waals surface area contributed by atoms with Gasteiger partial charge in [-0.15, -0.1) is 0 Å². The van der Waals surface area contributed by atoms with Crippen molar-refractivity contribution in [3.8, 4) is 16.9 Å². The lowest BCUT2D eigenvalue weighted by molar-refractivity contribution is -0.183. The molecule has 2 aliphatic heterocycles. The summed E-state index contributed by atoms with van der Waals surface area (Å²) in [5.74, 6) is 1.16. The van der Waals surface area contributed by atoms with Crippen LogP contribution in [0.5, 0.6) is 5.75 Å². The van der Waals surface area contributed by atoms with Crippen LogP contribution in [0, 0.1) is 29.1 Å². The van der Waals surface area contributed by atoms with Crippen molar-refractivity contribution in [2.75, 3.05) is 52.3 Å². The van der Waals surface area contributed by atoms with Crippen molar-refractivity contribution in [2.45, 2.75) is 103 Å². The molecule has 12 heteroatoms. The van der Waals surface area contributed by atoms with Crippen LogP contribution in [0.25, 0.3) is 11.1 Å². The first-order valence-electron chi connectivity index (χ1n) is 21.6. The lowest BCUT2D eigenvalue weighted by Crippen LogP contribution is -2.62. The fraction of sp³-hybridized carbons (Fsp3) is 0.596. The van der Waals surface area contributed by atoms with Crippen LogP contribution < -0.4 is 20.3 Å². The van der Waals surface area contributed by atoms with E-state index >= 15 is 0 Å². The first-order chi connectivity index (χ1) is 28.2. The third-order valence-electron chi connectivity index (χ3n) is 14.3. The number of anilines is 1. The van der Waals surface area contributed by atoms with Gasteiger partial charge in [0.25, 0.3) is 0 Å². The van der Waals surface area contributed by atoms with E-state index in [2.05, 4.69) is 36.3 Å². The van der Waals surface area contributed by atoms with Gasteiger partial charge in [-0.1, -0.05) is 69.3 Å². The molecule has 1 unspecified atom stereocenters. The molecule has 1 amide bonds. The fourth-order valence-corrected chi connectivity index (χ4v) is 10.7. The zero-order chi connectivity index (χ0) is 42.2. The largest absolute Gasteiger partial charge is 0.496 e. The number of aliphatic hydroxyl groups excluding tert-OH is 4. The van der Waals surface area contributed by atoms with Gasteiger partial charge in [-0.25, -0.2) is 0 Å². The number of hydrogen-bond donors (Lipinski definition) is 6. The number of likely N-dealkylation sites (tertiary alicyclic amines) is 1. The Morgan fingerprint density at radius 3 is 2.36 bits per heavy atom. The molecule has 322 valence electrons. The van der Waals surface area contributed by atoms with Crippen LogP contribution >= 0.6 is 0 Å². The highest BCUT2D eigenvalue weighted by Crippen LogP contribution is 2.61. The van der Waals surface area contributed by atoms with Gasteiger partial charge in [-0.2, -0.15) is 5.06 Å². The predicted octanol–water partition coefficient (Wildman–Crippen LogP) is 4.87. The molecule has 5 fully saturated rings. The first kappa shape index (κ1) is 43.5. The molecule has 3 aromatic carbocycles. The number of methoxy groups -OCH3 is 1. The highest BCUT2D eigenvalue weighted by molar-refractivity contribution is 5.83. The Balaban J connectivity index is 1.16. The number of benzene rings is 3. The molecular weight excluding hydrogens is 747 g/mol. The number of rotatable bonds is 16. The van der Waals surface area contributed by atoms with Crippen molar-refractivity contribution in [3.05, 3.63) is 83.4 Å². The van der Waals surface area contributed by atoms with Gasteiger partial charge in [0.2, 0.25) is 5.91 Å². The molecule has 3 saturated carbocycles. The predicted molar refractivity (Wildman–Crippen MR) is 229 cm³/mol. The Kier molecular flexibility index (Phi) is 13.4. The van der Waals surface area contributed by atoms with Gasteiger partial charge >= 0.3 is 0 Å². The zero-order valence-corrected chi connectivity index (χ0v) is 35.9. The van der Waals surface area contributed by atoms with E-state index in [9.17, 15) is 25.2 Å². The Bertz CT molecular complexity index is 1890. The molecular formula is C47H67N5O7. The van der Waals surface area contributed by atoms with E-state index in [0.29, 0.717) is 35.6 Å². The van der Waals surface area contributed by atoms with E-state index in [1.807, 2.05) is 85.7 Å². The van der Waals surface area contributed by atoms with Crippen molar-refractivity contribution < 1.29 is 34.8 Å². The Labute approximate surface area is 350 Å². The van der Waals surface area contributed by atoms with E-state index in [0.717, 1.165) is 60.3 Å². The summed E-state index contributed by atoms with van der Waals surface area (Å²) in [7, 11) is 5.52. The number of nitrogens with zero attached hydrogens (tertiary/aromatic N) is 3. The van der Waals surface area contributed by atoms with Crippen LogP contribution in [0.4, 0.5) is 5.69 Å². The van der Waals surface area contributed by atoms with E-state index in [1.54, 1.807) is 19.1 Å². The Morgan fingerprint density at radius 1 is 1.00 bits per heavy atom. The van der Waals surface area contributed by atoms with Crippen LogP contribution in [0.2, 0.25) is 0 Å². The minimum Gasteiger partial charge on any atom is -0.496 e. The van der Waals surface area contributed by atoms with Crippen LogP contribution in [0.1, 0.15) is 82.4 Å². The summed E-state index contributed by atoms with van der Waals surface area (Å²) in [4.78, 5) is 25.0. The highest BCUT2D eigenvalue weighted by atomic mass is 16.7. The van der Waals surface area contributed by atoms with Gasteiger partial charge in [0.1, 0.15) is 24.1 Å². The van der Waals surface area contributed by atoms with Crippen molar-refractivity contribution in [2.24, 2.45) is 29.1 Å². The zero-order valence-electron chi connectivity index (χ0n) is 35.9. The summed E-state index contributed by atoms with van der Waals surface area (Å²) in [6.45, 7) is 10.9. The fourth-order valence-electron chi connectivity index (χ4n) is 10.7. The van der Waals surface area contributed by atoms with Crippen molar-refractivity contribution in [1.82, 2.24) is 20.6 Å². The summed E-state index contributed by atoms with van der Waals surface area (Å²) in [5.41, 5.74) is 4.91. The standard InChI is InChI=1S/C47H67N5O7/c1-28-37-23-34(47(37,3)4)24-38(28)48-46(57)42-41(29(2)54)40(27-53)59-52(42)25-31-16-13-17-36(44(31)58-7)32-20-33(22-35(21-32)50(5)6)45(56)49-39(26-51-18-11-12-19-51)43(55)30-14-9-8-10-15-30/h8-10,13-17,20-22,28-29,34,37-43,45,49,53-56H,11-12,18-19,23-27H2,1-7H3,(H,48,57)/t28-,29-,34+,37-,38-,39+,40-,41+,42-,43+,45?/m0/s1. The minimum absolute atomic E-state index is 0.0296. The van der Waals surface area contributed by atoms with E-state index in [4.69, 9.17) is 9.57 Å². The number of hydrogen-bond acceptors (Lipinski definition) is 11. The average molecular weight is 814 g/mol. The Hall–Kier alpha value is -3.59. The van der Waals surface area contributed by atoms with E-state index in [-0.39, 0.29) is 30.5 Å². The summed E-state index contributed by atoms with van der Waals surface area (Å²) in [6.07, 6.45) is 0.755. The normalized spacial score (nSPS) is 28.7. The molecule has 5 aliphatic rings. The molecule has 3 aliphatic carbocycles. The second kappa shape index (κ2) is 18.2. The Morgan fingerprint density at radius 2 is 1.73 bits per heavy atom.